The highest BCUT2D eigenvalue weighted by Gasteiger charge is 2.04. The molecule has 2 heterocycles. The zero-order chi connectivity index (χ0) is 10.7. The fourth-order valence-electron chi connectivity index (χ4n) is 1.21. The fourth-order valence-corrected chi connectivity index (χ4v) is 1.21. The molecule has 0 aromatic carbocycles. The van der Waals surface area contributed by atoms with Crippen LogP contribution in [0.1, 0.15) is 6.42 Å². The molecule has 7 nitrogen and oxygen atoms in total. The monoisotopic (exact) mass is 207 g/mol. The molecule has 2 aromatic heterocycles. The summed E-state index contributed by atoms with van der Waals surface area (Å²) in [4.78, 5) is 8.36. The van der Waals surface area contributed by atoms with Gasteiger partial charge in [0.15, 0.2) is 0 Å². The van der Waals surface area contributed by atoms with E-state index in [-0.39, 0.29) is 0 Å². The summed E-state index contributed by atoms with van der Waals surface area (Å²) in [5.41, 5.74) is 6.80. The number of fused-ring (bicyclic) bond motifs is 1. The molecule has 2 rings (SSSR count). The van der Waals surface area contributed by atoms with E-state index in [9.17, 15) is 0 Å². The van der Waals surface area contributed by atoms with Crippen LogP contribution in [0.25, 0.3) is 11.2 Å². The van der Waals surface area contributed by atoms with Crippen molar-refractivity contribution in [2.24, 2.45) is 12.8 Å². The van der Waals surface area contributed by atoms with E-state index in [2.05, 4.69) is 25.6 Å². The lowest BCUT2D eigenvalue weighted by Gasteiger charge is -2.02. The minimum absolute atomic E-state index is 0.566. The average Bonchev–Trinajstić information content (AvgIpc) is 2.61. The topological polar surface area (TPSA) is 94.5 Å². The minimum atomic E-state index is 0.566. The highest BCUT2D eigenvalue weighted by molar-refractivity contribution is 5.69. The van der Waals surface area contributed by atoms with Gasteiger partial charge >= 0.3 is 0 Å². The van der Waals surface area contributed by atoms with E-state index in [1.54, 1.807) is 17.9 Å². The Hall–Kier alpha value is -1.76. The van der Waals surface area contributed by atoms with E-state index in [1.807, 2.05) is 0 Å². The van der Waals surface area contributed by atoms with E-state index < -0.39 is 0 Å². The Morgan fingerprint density at radius 3 is 3.20 bits per heavy atom. The molecular formula is C8H13N7. The molecule has 0 aliphatic carbocycles. The molecule has 0 bridgehead atoms. The molecular weight excluding hydrogens is 194 g/mol. The van der Waals surface area contributed by atoms with Crippen LogP contribution >= 0.6 is 0 Å². The standard InChI is InChI=1S/C8H13N7/c1-15-6-5-11-8(10-4-2-3-9)12-7(6)13-14-15/h5H,2-4,9H2,1H3,(H,10,11,12). The second-order valence-electron chi connectivity index (χ2n) is 3.18. The van der Waals surface area contributed by atoms with Crippen LogP contribution in [-0.2, 0) is 7.05 Å². The van der Waals surface area contributed by atoms with Gasteiger partial charge in [0, 0.05) is 13.6 Å². The second kappa shape index (κ2) is 4.18. The summed E-state index contributed by atoms with van der Waals surface area (Å²) in [6.07, 6.45) is 2.59. The molecule has 0 saturated heterocycles. The minimum Gasteiger partial charge on any atom is -0.354 e. The number of hydrogen-bond donors (Lipinski definition) is 2. The van der Waals surface area contributed by atoms with Gasteiger partial charge in [0.05, 0.1) is 6.20 Å². The Kier molecular flexibility index (Phi) is 2.72. The molecule has 0 atom stereocenters. The van der Waals surface area contributed by atoms with Crippen LogP contribution in [0, 0.1) is 0 Å². The molecule has 0 radical (unpaired) electrons. The van der Waals surface area contributed by atoms with Crippen LogP contribution in [-0.4, -0.2) is 38.1 Å². The van der Waals surface area contributed by atoms with Gasteiger partial charge in [0.1, 0.15) is 5.52 Å². The quantitative estimate of drug-likeness (QED) is 0.657. The first kappa shape index (κ1) is 9.78. The maximum Gasteiger partial charge on any atom is 0.224 e. The van der Waals surface area contributed by atoms with Crippen LogP contribution in [0.5, 0.6) is 0 Å². The molecule has 0 unspecified atom stereocenters. The van der Waals surface area contributed by atoms with Crippen molar-refractivity contribution < 1.29 is 0 Å². The second-order valence-corrected chi connectivity index (χ2v) is 3.18. The smallest absolute Gasteiger partial charge is 0.224 e. The summed E-state index contributed by atoms with van der Waals surface area (Å²) < 4.78 is 1.64. The van der Waals surface area contributed by atoms with E-state index in [1.165, 1.54) is 0 Å². The van der Waals surface area contributed by atoms with E-state index >= 15 is 0 Å². The molecule has 0 aliphatic heterocycles. The average molecular weight is 207 g/mol. The summed E-state index contributed by atoms with van der Waals surface area (Å²) >= 11 is 0. The van der Waals surface area contributed by atoms with Crippen LogP contribution in [0.2, 0.25) is 0 Å². The van der Waals surface area contributed by atoms with Crippen molar-refractivity contribution in [1.82, 2.24) is 25.0 Å². The zero-order valence-corrected chi connectivity index (χ0v) is 8.51. The zero-order valence-electron chi connectivity index (χ0n) is 8.51. The predicted molar refractivity (Wildman–Crippen MR) is 56.3 cm³/mol. The number of nitrogens with zero attached hydrogens (tertiary/aromatic N) is 5. The Morgan fingerprint density at radius 2 is 2.40 bits per heavy atom. The summed E-state index contributed by atoms with van der Waals surface area (Å²) in [5, 5.41) is 10.8. The summed E-state index contributed by atoms with van der Waals surface area (Å²) in [6.45, 7) is 1.42. The number of hydrogen-bond acceptors (Lipinski definition) is 6. The first-order valence-electron chi connectivity index (χ1n) is 4.77. The van der Waals surface area contributed by atoms with Gasteiger partial charge in [-0.15, -0.1) is 5.10 Å². The lowest BCUT2D eigenvalue weighted by molar-refractivity contribution is 0.735. The third-order valence-electron chi connectivity index (χ3n) is 2.04. The van der Waals surface area contributed by atoms with Gasteiger partial charge in [-0.05, 0) is 13.0 Å². The number of anilines is 1. The number of aromatic nitrogens is 5. The molecule has 0 fully saturated rings. The lowest BCUT2D eigenvalue weighted by atomic mass is 10.4. The summed E-state index contributed by atoms with van der Waals surface area (Å²) in [7, 11) is 1.81. The third kappa shape index (κ3) is 2.01. The van der Waals surface area contributed by atoms with Crippen LogP contribution in [0.3, 0.4) is 0 Å². The molecule has 3 N–H and O–H groups in total. The van der Waals surface area contributed by atoms with Gasteiger partial charge in [0.2, 0.25) is 11.6 Å². The van der Waals surface area contributed by atoms with Crippen LogP contribution in [0.4, 0.5) is 5.95 Å². The molecule has 7 heteroatoms. The molecule has 15 heavy (non-hydrogen) atoms. The normalized spacial score (nSPS) is 10.8. The van der Waals surface area contributed by atoms with E-state index in [4.69, 9.17) is 5.73 Å². The van der Waals surface area contributed by atoms with Crippen molar-refractivity contribution in [3.63, 3.8) is 0 Å². The Bertz CT molecular complexity index is 449. The van der Waals surface area contributed by atoms with Gasteiger partial charge in [-0.1, -0.05) is 5.21 Å². The van der Waals surface area contributed by atoms with E-state index in [0.717, 1.165) is 18.5 Å². The number of nitrogens with one attached hydrogen (secondary N) is 1. The van der Waals surface area contributed by atoms with Crippen molar-refractivity contribution >= 4 is 17.1 Å². The molecule has 2 aromatic rings. The Morgan fingerprint density at radius 1 is 1.53 bits per heavy atom. The molecule has 0 amide bonds. The van der Waals surface area contributed by atoms with Crippen LogP contribution < -0.4 is 11.1 Å². The Balaban J connectivity index is 2.16. The first-order valence-corrected chi connectivity index (χ1v) is 4.77. The highest BCUT2D eigenvalue weighted by atomic mass is 15.4. The van der Waals surface area contributed by atoms with Gasteiger partial charge in [-0.3, -0.25) is 0 Å². The van der Waals surface area contributed by atoms with Gasteiger partial charge in [-0.25, -0.2) is 9.67 Å². The number of nitrogens with two attached hydrogens (primary N) is 1. The third-order valence-corrected chi connectivity index (χ3v) is 2.04. The SMILES string of the molecule is Cn1nnc2nc(NCCCN)ncc21. The van der Waals surface area contributed by atoms with Crippen LogP contribution in [0.15, 0.2) is 6.20 Å². The lowest BCUT2D eigenvalue weighted by Crippen LogP contribution is -2.10. The molecule has 0 spiro atoms. The number of aryl methyl sites for hydroxylation is 1. The van der Waals surface area contributed by atoms with Crippen molar-refractivity contribution in [3.8, 4) is 0 Å². The predicted octanol–water partition coefficient (Wildman–Crippen LogP) is -0.481. The molecule has 0 aliphatic rings. The molecule has 80 valence electrons. The number of rotatable bonds is 4. The maximum absolute atomic E-state index is 5.38. The van der Waals surface area contributed by atoms with Crippen molar-refractivity contribution in [3.05, 3.63) is 6.20 Å². The van der Waals surface area contributed by atoms with Crippen molar-refractivity contribution in [2.75, 3.05) is 18.4 Å². The maximum atomic E-state index is 5.38. The Labute approximate surface area is 86.7 Å². The summed E-state index contributed by atoms with van der Waals surface area (Å²) in [6, 6.07) is 0. The first-order chi connectivity index (χ1) is 7.31. The summed E-state index contributed by atoms with van der Waals surface area (Å²) in [5.74, 6) is 0.566. The van der Waals surface area contributed by atoms with Gasteiger partial charge in [-0.2, -0.15) is 4.98 Å². The van der Waals surface area contributed by atoms with E-state index in [0.29, 0.717) is 18.1 Å². The fraction of sp³-hybridized carbons (Fsp3) is 0.500. The van der Waals surface area contributed by atoms with Crippen molar-refractivity contribution in [2.45, 2.75) is 6.42 Å². The van der Waals surface area contributed by atoms with Crippen molar-refractivity contribution in [1.29, 1.82) is 0 Å². The van der Waals surface area contributed by atoms with Gasteiger partial charge < -0.3 is 11.1 Å². The van der Waals surface area contributed by atoms with Gasteiger partial charge in [0.25, 0.3) is 0 Å². The largest absolute Gasteiger partial charge is 0.354 e. The highest BCUT2D eigenvalue weighted by Crippen LogP contribution is 2.07. The molecule has 0 saturated carbocycles.